The van der Waals surface area contributed by atoms with Gasteiger partial charge in [-0.15, -0.1) is 0 Å². The molecule has 0 atom stereocenters. The van der Waals surface area contributed by atoms with Crippen LogP contribution >= 0.6 is 11.3 Å². The number of carboxylic acids is 1. The summed E-state index contributed by atoms with van der Waals surface area (Å²) in [6.45, 7) is 2.69. The van der Waals surface area contributed by atoms with E-state index in [2.05, 4.69) is 16.0 Å². The highest BCUT2D eigenvalue weighted by Gasteiger charge is 2.19. The molecule has 0 aliphatic heterocycles. The largest absolute Gasteiger partial charge is 0.492 e. The first kappa shape index (κ1) is 25.0. The summed E-state index contributed by atoms with van der Waals surface area (Å²) in [7, 11) is 1.98. The summed E-state index contributed by atoms with van der Waals surface area (Å²) < 4.78 is 12.4. The summed E-state index contributed by atoms with van der Waals surface area (Å²) in [4.78, 5) is 31.7. The number of aryl methyl sites for hydroxylation is 1. The van der Waals surface area contributed by atoms with E-state index in [0.29, 0.717) is 24.7 Å². The first-order chi connectivity index (χ1) is 17.4. The molecule has 8 nitrogen and oxygen atoms in total. The second kappa shape index (κ2) is 11.5. The number of rotatable bonds is 10. The average molecular weight is 506 g/mol. The number of likely N-dealkylation sites (N-methyl/N-ethyl adjacent to an activating group) is 1. The number of carboxylic acid groups (broad SMARTS) is 1. The molecule has 0 bridgehead atoms. The fraction of sp³-hybridized carbons (Fsp3) is 0.222. The number of benzene rings is 3. The van der Waals surface area contributed by atoms with E-state index in [1.165, 1.54) is 0 Å². The van der Waals surface area contributed by atoms with Crippen LogP contribution in [0, 0.1) is 6.92 Å². The number of amides is 1. The van der Waals surface area contributed by atoms with Crippen molar-refractivity contribution in [2.45, 2.75) is 13.5 Å². The zero-order chi connectivity index (χ0) is 25.5. The molecule has 1 aromatic heterocycles. The highest BCUT2D eigenvalue weighted by molar-refractivity contribution is 7.22. The summed E-state index contributed by atoms with van der Waals surface area (Å²) >= 11 is 1.64. The minimum absolute atomic E-state index is 0.0949. The standard InChI is InChI=1S/C27H27N3O5S/c1-19-7-11-22(12-8-19)35-27(33)30(18-25(31)32)17-20-9-13-21(14-10-20)34-16-15-29(2)26-28-23-5-3-4-6-24(23)36-26/h3-14H,15-18H2,1-2H3,(H,31,32). The van der Waals surface area contributed by atoms with Gasteiger partial charge in [-0.25, -0.2) is 9.78 Å². The van der Waals surface area contributed by atoms with E-state index in [1.54, 1.807) is 47.7 Å². The Hall–Kier alpha value is -4.11. The molecule has 4 rings (SSSR count). The summed E-state index contributed by atoms with van der Waals surface area (Å²) in [5.41, 5.74) is 2.78. The first-order valence-corrected chi connectivity index (χ1v) is 12.2. The van der Waals surface area contributed by atoms with Crippen LogP contribution in [-0.2, 0) is 11.3 Å². The van der Waals surface area contributed by atoms with Crippen molar-refractivity contribution >= 4 is 38.7 Å². The third-order valence-corrected chi connectivity index (χ3v) is 6.56. The third kappa shape index (κ3) is 6.73. The van der Waals surface area contributed by atoms with Crippen molar-refractivity contribution in [3.63, 3.8) is 0 Å². The molecule has 0 fully saturated rings. The molecule has 1 N–H and O–H groups in total. The number of carbonyl (C=O) groups is 2. The Morgan fingerprint density at radius 1 is 0.972 bits per heavy atom. The third-order valence-electron chi connectivity index (χ3n) is 5.41. The molecular weight excluding hydrogens is 478 g/mol. The zero-order valence-corrected chi connectivity index (χ0v) is 20.9. The average Bonchev–Trinajstić information content (AvgIpc) is 3.30. The molecule has 1 amide bonds. The quantitative estimate of drug-likeness (QED) is 0.316. The number of aromatic nitrogens is 1. The summed E-state index contributed by atoms with van der Waals surface area (Å²) in [6, 6.07) is 22.2. The van der Waals surface area contributed by atoms with Crippen LogP contribution < -0.4 is 14.4 Å². The molecule has 9 heteroatoms. The lowest BCUT2D eigenvalue weighted by Crippen LogP contribution is -2.37. The van der Waals surface area contributed by atoms with Gasteiger partial charge in [0.15, 0.2) is 5.13 Å². The Morgan fingerprint density at radius 3 is 2.36 bits per heavy atom. The van der Waals surface area contributed by atoms with E-state index in [-0.39, 0.29) is 6.54 Å². The lowest BCUT2D eigenvalue weighted by atomic mass is 10.2. The normalized spacial score (nSPS) is 10.7. The van der Waals surface area contributed by atoms with Gasteiger partial charge in [0.25, 0.3) is 0 Å². The van der Waals surface area contributed by atoms with Gasteiger partial charge in [0.05, 0.1) is 16.8 Å². The van der Waals surface area contributed by atoms with Gasteiger partial charge in [0, 0.05) is 13.6 Å². The molecule has 186 valence electrons. The van der Waals surface area contributed by atoms with Gasteiger partial charge in [-0.1, -0.05) is 53.3 Å². The maximum absolute atomic E-state index is 12.6. The monoisotopic (exact) mass is 505 g/mol. The summed E-state index contributed by atoms with van der Waals surface area (Å²) in [5.74, 6) is -0.0722. The topological polar surface area (TPSA) is 92.2 Å². The lowest BCUT2D eigenvalue weighted by Gasteiger charge is -2.20. The number of carbonyl (C=O) groups excluding carboxylic acids is 1. The number of anilines is 1. The molecule has 0 spiro atoms. The number of nitrogens with zero attached hydrogens (tertiary/aromatic N) is 3. The van der Waals surface area contributed by atoms with Crippen molar-refractivity contribution < 1.29 is 24.2 Å². The van der Waals surface area contributed by atoms with E-state index < -0.39 is 18.6 Å². The Balaban J connectivity index is 1.30. The van der Waals surface area contributed by atoms with Crippen molar-refractivity contribution in [3.05, 3.63) is 83.9 Å². The number of para-hydroxylation sites is 1. The number of hydrogen-bond donors (Lipinski definition) is 1. The van der Waals surface area contributed by atoms with Gasteiger partial charge < -0.3 is 19.5 Å². The smallest absolute Gasteiger partial charge is 0.416 e. The van der Waals surface area contributed by atoms with E-state index >= 15 is 0 Å². The number of fused-ring (bicyclic) bond motifs is 1. The zero-order valence-electron chi connectivity index (χ0n) is 20.1. The number of ether oxygens (including phenoxy) is 2. The SMILES string of the molecule is Cc1ccc(OC(=O)N(CC(=O)O)Cc2ccc(OCCN(C)c3nc4ccccc4s3)cc2)cc1. The van der Waals surface area contributed by atoms with Crippen molar-refractivity contribution in [3.8, 4) is 11.5 Å². The Bertz CT molecular complexity index is 1290. The highest BCUT2D eigenvalue weighted by Crippen LogP contribution is 2.27. The molecule has 0 aliphatic carbocycles. The molecule has 0 aliphatic rings. The first-order valence-electron chi connectivity index (χ1n) is 11.4. The van der Waals surface area contributed by atoms with Crippen LogP contribution in [0.25, 0.3) is 10.2 Å². The second-order valence-corrected chi connectivity index (χ2v) is 9.32. The van der Waals surface area contributed by atoms with E-state index in [9.17, 15) is 14.7 Å². The molecule has 36 heavy (non-hydrogen) atoms. The second-order valence-electron chi connectivity index (χ2n) is 8.31. The molecule has 4 aromatic rings. The van der Waals surface area contributed by atoms with E-state index in [4.69, 9.17) is 9.47 Å². The van der Waals surface area contributed by atoms with Crippen LogP contribution in [-0.4, -0.2) is 53.8 Å². The van der Waals surface area contributed by atoms with Gasteiger partial charge in [0.1, 0.15) is 24.7 Å². The lowest BCUT2D eigenvalue weighted by molar-refractivity contribution is -0.138. The van der Waals surface area contributed by atoms with Crippen LogP contribution in [0.15, 0.2) is 72.8 Å². The fourth-order valence-corrected chi connectivity index (χ4v) is 4.40. The number of thiazole rings is 1. The molecular formula is C27H27N3O5S. The van der Waals surface area contributed by atoms with Crippen molar-refractivity contribution in [2.24, 2.45) is 0 Å². The maximum atomic E-state index is 12.6. The molecule has 0 saturated heterocycles. The molecule has 0 saturated carbocycles. The van der Waals surface area contributed by atoms with Gasteiger partial charge >= 0.3 is 12.1 Å². The number of aliphatic carboxylic acids is 1. The fourth-order valence-electron chi connectivity index (χ4n) is 3.45. The van der Waals surface area contributed by atoms with Gasteiger partial charge in [-0.05, 0) is 48.9 Å². The highest BCUT2D eigenvalue weighted by atomic mass is 32.1. The molecule has 3 aromatic carbocycles. The number of hydrogen-bond acceptors (Lipinski definition) is 7. The summed E-state index contributed by atoms with van der Waals surface area (Å²) in [6.07, 6.45) is -0.723. The minimum Gasteiger partial charge on any atom is -0.492 e. The van der Waals surface area contributed by atoms with Gasteiger partial charge in [0.2, 0.25) is 0 Å². The van der Waals surface area contributed by atoms with E-state index in [1.807, 2.05) is 44.3 Å². The van der Waals surface area contributed by atoms with E-state index in [0.717, 1.165) is 31.4 Å². The van der Waals surface area contributed by atoms with Crippen LogP contribution in [0.4, 0.5) is 9.93 Å². The van der Waals surface area contributed by atoms with Crippen LogP contribution in [0.3, 0.4) is 0 Å². The minimum atomic E-state index is -1.12. The maximum Gasteiger partial charge on any atom is 0.416 e. The Kier molecular flexibility index (Phi) is 8.02. The van der Waals surface area contributed by atoms with Crippen molar-refractivity contribution in [1.82, 2.24) is 9.88 Å². The predicted molar refractivity (Wildman–Crippen MR) is 140 cm³/mol. The predicted octanol–water partition coefficient (Wildman–Crippen LogP) is 5.21. The molecule has 0 unspecified atom stereocenters. The van der Waals surface area contributed by atoms with Crippen LogP contribution in [0.1, 0.15) is 11.1 Å². The van der Waals surface area contributed by atoms with Gasteiger partial charge in [-0.3, -0.25) is 9.69 Å². The van der Waals surface area contributed by atoms with Crippen LogP contribution in [0.2, 0.25) is 0 Å². The van der Waals surface area contributed by atoms with Crippen molar-refractivity contribution in [2.75, 3.05) is 31.6 Å². The molecule has 1 heterocycles. The van der Waals surface area contributed by atoms with Gasteiger partial charge in [-0.2, -0.15) is 0 Å². The Morgan fingerprint density at radius 2 is 1.67 bits per heavy atom. The molecule has 0 radical (unpaired) electrons. The Labute approximate surface area is 213 Å². The van der Waals surface area contributed by atoms with Crippen LogP contribution in [0.5, 0.6) is 11.5 Å². The van der Waals surface area contributed by atoms with Crippen molar-refractivity contribution in [1.29, 1.82) is 0 Å². The summed E-state index contributed by atoms with van der Waals surface area (Å²) in [5, 5.41) is 10.2.